The van der Waals surface area contributed by atoms with Crippen molar-refractivity contribution in [2.75, 3.05) is 5.43 Å². The first-order valence-corrected chi connectivity index (χ1v) is 10.6. The summed E-state index contributed by atoms with van der Waals surface area (Å²) in [6.45, 7) is 13.1. The van der Waals surface area contributed by atoms with Crippen LogP contribution in [0.15, 0.2) is 23.3 Å². The number of benzene rings is 1. The van der Waals surface area contributed by atoms with Crippen molar-refractivity contribution in [2.24, 2.45) is 5.10 Å². The van der Waals surface area contributed by atoms with E-state index in [0.717, 1.165) is 6.07 Å². The van der Waals surface area contributed by atoms with Crippen molar-refractivity contribution in [1.29, 1.82) is 0 Å². The van der Waals surface area contributed by atoms with Crippen LogP contribution >= 0.6 is 0 Å². The van der Waals surface area contributed by atoms with Crippen LogP contribution in [0.1, 0.15) is 41.5 Å². The van der Waals surface area contributed by atoms with E-state index in [1.807, 2.05) is 5.84 Å². The molecule has 0 saturated heterocycles. The zero-order valence-electron chi connectivity index (χ0n) is 15.5. The zero-order chi connectivity index (χ0) is 19.4. The summed E-state index contributed by atoms with van der Waals surface area (Å²) in [4.78, 5) is 20.7. The zero-order valence-corrected chi connectivity index (χ0v) is 16.5. The van der Waals surface area contributed by atoms with E-state index in [-0.39, 0.29) is 17.1 Å². The van der Waals surface area contributed by atoms with Crippen molar-refractivity contribution >= 4 is 31.0 Å². The van der Waals surface area contributed by atoms with Gasteiger partial charge >= 0.3 is 5.69 Å². The highest BCUT2D eigenvalue weighted by atomic mass is 28.3. The minimum absolute atomic E-state index is 0.144. The SMILES string of the molecule is CC(C)[Si](/C=N/Nc1ccc([N+](=O)[O-])cc1[N+](=O)[O-])(C(C)C)C(C)C. The molecule has 8 nitrogen and oxygen atoms in total. The standard InChI is InChI=1S/C16H26N4O4Si/c1-11(2)25(12(3)4,13(5)6)10-17-18-15-8-7-14(19(21)22)9-16(15)20(23)24/h7-13,18H,1-6H3/b17-10+. The Balaban J connectivity index is 3.20. The third-order valence-electron chi connectivity index (χ3n) is 4.86. The molecule has 0 heterocycles. The second kappa shape index (κ2) is 8.19. The largest absolute Gasteiger partial charge is 0.301 e. The lowest BCUT2D eigenvalue weighted by molar-refractivity contribution is -0.393. The normalized spacial score (nSPS) is 12.4. The van der Waals surface area contributed by atoms with Crippen LogP contribution in [0.2, 0.25) is 16.6 Å². The van der Waals surface area contributed by atoms with E-state index in [2.05, 4.69) is 52.1 Å². The molecule has 1 rings (SSSR count). The van der Waals surface area contributed by atoms with Gasteiger partial charge in [0.1, 0.15) is 13.8 Å². The van der Waals surface area contributed by atoms with Crippen LogP contribution in [0, 0.1) is 20.2 Å². The summed E-state index contributed by atoms with van der Waals surface area (Å²) in [5, 5.41) is 26.3. The van der Waals surface area contributed by atoms with E-state index in [1.54, 1.807) is 0 Å². The minimum Gasteiger partial charge on any atom is -0.272 e. The topological polar surface area (TPSA) is 111 Å². The number of nitro benzene ring substituents is 2. The van der Waals surface area contributed by atoms with E-state index in [1.165, 1.54) is 12.1 Å². The Kier molecular flexibility index (Phi) is 6.80. The highest BCUT2D eigenvalue weighted by Gasteiger charge is 2.41. The number of hydrazone groups is 1. The molecule has 0 spiro atoms. The van der Waals surface area contributed by atoms with Gasteiger partial charge in [-0.2, -0.15) is 5.10 Å². The fourth-order valence-corrected chi connectivity index (χ4v) is 8.72. The summed E-state index contributed by atoms with van der Waals surface area (Å²) >= 11 is 0. The first-order valence-electron chi connectivity index (χ1n) is 8.27. The number of nitrogens with zero attached hydrogens (tertiary/aromatic N) is 3. The van der Waals surface area contributed by atoms with Gasteiger partial charge in [-0.1, -0.05) is 41.5 Å². The Labute approximate surface area is 148 Å². The Morgan fingerprint density at radius 3 is 1.92 bits per heavy atom. The first-order chi connectivity index (χ1) is 11.5. The molecule has 0 amide bonds. The van der Waals surface area contributed by atoms with Gasteiger partial charge in [-0.15, -0.1) is 0 Å². The van der Waals surface area contributed by atoms with Crippen LogP contribution < -0.4 is 5.43 Å². The van der Waals surface area contributed by atoms with E-state index < -0.39 is 17.9 Å². The van der Waals surface area contributed by atoms with Crippen molar-refractivity contribution in [3.63, 3.8) is 0 Å². The van der Waals surface area contributed by atoms with Gasteiger partial charge in [0.2, 0.25) is 0 Å². The van der Waals surface area contributed by atoms with Crippen molar-refractivity contribution < 1.29 is 9.85 Å². The van der Waals surface area contributed by atoms with Crippen LogP contribution in [0.3, 0.4) is 0 Å². The molecular weight excluding hydrogens is 340 g/mol. The predicted molar refractivity (Wildman–Crippen MR) is 103 cm³/mol. The molecule has 0 saturated carbocycles. The number of hydrogen-bond acceptors (Lipinski definition) is 6. The summed E-state index contributed by atoms with van der Waals surface area (Å²) in [6, 6.07) is 3.48. The average Bonchev–Trinajstić information content (AvgIpc) is 2.50. The van der Waals surface area contributed by atoms with E-state index >= 15 is 0 Å². The second-order valence-corrected chi connectivity index (χ2v) is 12.8. The summed E-state index contributed by atoms with van der Waals surface area (Å²) in [7, 11) is -1.89. The molecule has 1 aromatic rings. The maximum Gasteiger partial charge on any atom is 0.301 e. The second-order valence-electron chi connectivity index (χ2n) is 7.05. The molecule has 0 aromatic heterocycles. The van der Waals surface area contributed by atoms with Crippen molar-refractivity contribution in [2.45, 2.75) is 58.2 Å². The highest BCUT2D eigenvalue weighted by molar-refractivity contribution is 7.04. The summed E-state index contributed by atoms with van der Waals surface area (Å²) in [5.74, 6) is 1.96. The molecule has 1 aromatic carbocycles. The van der Waals surface area contributed by atoms with Gasteiger partial charge in [0.25, 0.3) is 5.69 Å². The lowest BCUT2D eigenvalue weighted by Gasteiger charge is -2.39. The number of nitro groups is 2. The predicted octanol–water partition coefficient (Wildman–Crippen LogP) is 5.12. The van der Waals surface area contributed by atoms with Crippen LogP contribution in [0.4, 0.5) is 17.1 Å². The summed E-state index contributed by atoms with van der Waals surface area (Å²) < 4.78 is 0. The van der Waals surface area contributed by atoms with Crippen LogP contribution in [-0.4, -0.2) is 23.8 Å². The van der Waals surface area contributed by atoms with Gasteiger partial charge in [0, 0.05) is 11.9 Å². The molecule has 9 heteroatoms. The van der Waals surface area contributed by atoms with Gasteiger partial charge in [0.15, 0.2) is 0 Å². The van der Waals surface area contributed by atoms with Crippen molar-refractivity contribution in [1.82, 2.24) is 0 Å². The monoisotopic (exact) mass is 366 g/mol. The third-order valence-corrected chi connectivity index (χ3v) is 11.4. The van der Waals surface area contributed by atoms with Gasteiger partial charge in [0.05, 0.1) is 15.9 Å². The van der Waals surface area contributed by atoms with E-state index in [0.29, 0.717) is 16.6 Å². The van der Waals surface area contributed by atoms with Crippen LogP contribution in [0.5, 0.6) is 0 Å². The molecule has 0 bridgehead atoms. The van der Waals surface area contributed by atoms with Crippen LogP contribution in [0.25, 0.3) is 0 Å². The summed E-state index contributed by atoms with van der Waals surface area (Å²) in [6.07, 6.45) is 0. The van der Waals surface area contributed by atoms with E-state index in [9.17, 15) is 20.2 Å². The average molecular weight is 366 g/mol. The Morgan fingerprint density at radius 1 is 1.00 bits per heavy atom. The first kappa shape index (κ1) is 20.8. The smallest absolute Gasteiger partial charge is 0.272 e. The Morgan fingerprint density at radius 2 is 1.52 bits per heavy atom. The number of nitrogens with one attached hydrogen (secondary N) is 1. The molecular formula is C16H26N4O4Si. The van der Waals surface area contributed by atoms with Gasteiger partial charge in [-0.3, -0.25) is 25.7 Å². The quantitative estimate of drug-likeness (QED) is 0.297. The number of hydrogen-bond donors (Lipinski definition) is 1. The molecule has 138 valence electrons. The molecule has 0 aliphatic heterocycles. The molecule has 0 atom stereocenters. The maximum absolute atomic E-state index is 11.2. The maximum atomic E-state index is 11.2. The highest BCUT2D eigenvalue weighted by Crippen LogP contribution is 2.40. The lowest BCUT2D eigenvalue weighted by atomic mass is 10.2. The fraction of sp³-hybridized carbons (Fsp3) is 0.562. The molecule has 0 fully saturated rings. The van der Waals surface area contributed by atoms with Crippen molar-refractivity contribution in [3.05, 3.63) is 38.4 Å². The van der Waals surface area contributed by atoms with Gasteiger partial charge in [-0.25, -0.2) is 0 Å². The minimum atomic E-state index is -1.89. The van der Waals surface area contributed by atoms with Gasteiger partial charge < -0.3 is 0 Å². The molecule has 0 aliphatic carbocycles. The molecule has 1 N–H and O–H groups in total. The molecule has 0 aliphatic rings. The summed E-state index contributed by atoms with van der Waals surface area (Å²) in [5.41, 5.74) is 3.57. The number of rotatable bonds is 8. The van der Waals surface area contributed by atoms with E-state index in [4.69, 9.17) is 0 Å². The fourth-order valence-electron chi connectivity index (χ4n) is 3.54. The molecule has 0 unspecified atom stereocenters. The molecule has 0 radical (unpaired) electrons. The Bertz CT molecular complexity index is 652. The molecule has 25 heavy (non-hydrogen) atoms. The third kappa shape index (κ3) is 4.41. The van der Waals surface area contributed by atoms with Crippen LogP contribution in [-0.2, 0) is 0 Å². The number of anilines is 1. The Hall–Kier alpha value is -2.29. The number of non-ortho nitro benzene ring substituents is 1. The van der Waals surface area contributed by atoms with Crippen molar-refractivity contribution in [3.8, 4) is 0 Å². The lowest BCUT2D eigenvalue weighted by Crippen LogP contribution is -2.46. The van der Waals surface area contributed by atoms with Gasteiger partial charge in [-0.05, 0) is 22.7 Å².